The van der Waals surface area contributed by atoms with Gasteiger partial charge in [-0.25, -0.2) is 8.42 Å². The normalized spacial score (nSPS) is 12.0. The first-order valence-corrected chi connectivity index (χ1v) is 12.1. The third-order valence-corrected chi connectivity index (χ3v) is 7.10. The van der Waals surface area contributed by atoms with E-state index in [2.05, 4.69) is 32.6 Å². The van der Waals surface area contributed by atoms with Gasteiger partial charge in [-0.1, -0.05) is 52.0 Å². The Balaban J connectivity index is 2.07. The quantitative estimate of drug-likeness (QED) is 0.499. The predicted molar refractivity (Wildman–Crippen MR) is 123 cm³/mol. The van der Waals surface area contributed by atoms with Crippen molar-refractivity contribution in [1.82, 2.24) is 4.90 Å². The van der Waals surface area contributed by atoms with E-state index in [-0.39, 0.29) is 0 Å². The number of hydrogen-bond donors (Lipinski definition) is 0. The highest BCUT2D eigenvalue weighted by molar-refractivity contribution is 7.92. The molecule has 0 amide bonds. The van der Waals surface area contributed by atoms with Gasteiger partial charge in [0, 0.05) is 13.6 Å². The van der Waals surface area contributed by atoms with Crippen LogP contribution in [-0.4, -0.2) is 40.0 Å². The summed E-state index contributed by atoms with van der Waals surface area (Å²) in [7, 11) is -1.95. The number of nitrogens with zero attached hydrogens (tertiary/aromatic N) is 2. The van der Waals surface area contributed by atoms with Gasteiger partial charge in [-0.15, -0.1) is 0 Å². The lowest BCUT2D eigenvalue weighted by atomic mass is 10.0. The summed E-state index contributed by atoms with van der Waals surface area (Å²) >= 11 is 0. The molecule has 0 radical (unpaired) electrons. The van der Waals surface area contributed by atoms with Crippen molar-refractivity contribution >= 4 is 15.7 Å². The molecule has 0 saturated heterocycles. The molecule has 0 spiro atoms. The molecule has 2 aromatic rings. The Morgan fingerprint density at radius 3 is 1.86 bits per heavy atom. The van der Waals surface area contributed by atoms with Crippen LogP contribution in [0.2, 0.25) is 0 Å². The van der Waals surface area contributed by atoms with E-state index < -0.39 is 10.0 Å². The van der Waals surface area contributed by atoms with Crippen LogP contribution in [0.3, 0.4) is 0 Å². The van der Waals surface area contributed by atoms with Crippen molar-refractivity contribution in [3.8, 4) is 0 Å². The summed E-state index contributed by atoms with van der Waals surface area (Å²) in [5.74, 6) is 0.377. The van der Waals surface area contributed by atoms with E-state index in [0.29, 0.717) is 16.5 Å². The first kappa shape index (κ1) is 23.4. The monoisotopic (exact) mass is 416 g/mol. The van der Waals surface area contributed by atoms with E-state index in [1.54, 1.807) is 19.2 Å². The SMILES string of the molecule is CCCN(CCC)CCc1ccc(N(C)S(=O)(=O)c2ccc(C(C)C)cc2)cc1. The molecule has 0 bridgehead atoms. The van der Waals surface area contributed by atoms with Gasteiger partial charge in [-0.3, -0.25) is 4.31 Å². The predicted octanol–water partition coefficient (Wildman–Crippen LogP) is 5.30. The lowest BCUT2D eigenvalue weighted by Crippen LogP contribution is -2.28. The van der Waals surface area contributed by atoms with Crippen LogP contribution < -0.4 is 4.31 Å². The minimum atomic E-state index is -3.56. The molecule has 0 atom stereocenters. The highest BCUT2D eigenvalue weighted by Crippen LogP contribution is 2.24. The van der Waals surface area contributed by atoms with Gasteiger partial charge >= 0.3 is 0 Å². The van der Waals surface area contributed by atoms with Crippen LogP contribution in [-0.2, 0) is 16.4 Å². The summed E-state index contributed by atoms with van der Waals surface area (Å²) in [5, 5.41) is 0. The summed E-state index contributed by atoms with van der Waals surface area (Å²) in [5.41, 5.74) is 3.05. The van der Waals surface area contributed by atoms with E-state index in [1.165, 1.54) is 22.7 Å². The second-order valence-corrected chi connectivity index (χ2v) is 9.92. The minimum absolute atomic E-state index is 0.322. The van der Waals surface area contributed by atoms with Crippen molar-refractivity contribution < 1.29 is 8.42 Å². The topological polar surface area (TPSA) is 40.6 Å². The van der Waals surface area contributed by atoms with E-state index in [9.17, 15) is 8.42 Å². The fourth-order valence-corrected chi connectivity index (χ4v) is 4.64. The molecule has 2 rings (SSSR count). The number of sulfonamides is 1. The molecule has 0 unspecified atom stereocenters. The third-order valence-electron chi connectivity index (χ3n) is 5.30. The zero-order valence-electron chi connectivity index (χ0n) is 18.6. The highest BCUT2D eigenvalue weighted by Gasteiger charge is 2.21. The van der Waals surface area contributed by atoms with Crippen LogP contribution in [0.5, 0.6) is 0 Å². The number of anilines is 1. The fourth-order valence-electron chi connectivity index (χ4n) is 3.45. The van der Waals surface area contributed by atoms with Gasteiger partial charge in [0.1, 0.15) is 0 Å². The van der Waals surface area contributed by atoms with Crippen LogP contribution in [0.4, 0.5) is 5.69 Å². The molecule has 29 heavy (non-hydrogen) atoms. The molecular formula is C24H36N2O2S. The number of benzene rings is 2. The molecule has 0 saturated carbocycles. The van der Waals surface area contributed by atoms with E-state index in [0.717, 1.165) is 31.6 Å². The van der Waals surface area contributed by atoms with Crippen molar-refractivity contribution in [3.63, 3.8) is 0 Å². The molecular weight excluding hydrogens is 380 g/mol. The van der Waals surface area contributed by atoms with Crippen molar-refractivity contribution in [3.05, 3.63) is 59.7 Å². The van der Waals surface area contributed by atoms with Gasteiger partial charge in [0.25, 0.3) is 10.0 Å². The molecule has 0 fully saturated rings. The Morgan fingerprint density at radius 2 is 1.38 bits per heavy atom. The molecule has 160 valence electrons. The van der Waals surface area contributed by atoms with Crippen molar-refractivity contribution in [2.24, 2.45) is 0 Å². The Bertz CT molecular complexity index is 837. The van der Waals surface area contributed by atoms with Gasteiger partial charge in [-0.05, 0) is 73.7 Å². The van der Waals surface area contributed by atoms with E-state index in [4.69, 9.17) is 0 Å². The Hall–Kier alpha value is -1.85. The van der Waals surface area contributed by atoms with Gasteiger partial charge in [0.2, 0.25) is 0 Å². The van der Waals surface area contributed by atoms with Crippen LogP contribution in [0.25, 0.3) is 0 Å². The molecule has 0 aromatic heterocycles. The lowest BCUT2D eigenvalue weighted by Gasteiger charge is -2.22. The summed E-state index contributed by atoms with van der Waals surface area (Å²) in [4.78, 5) is 2.81. The first-order chi connectivity index (χ1) is 13.8. The first-order valence-electron chi connectivity index (χ1n) is 10.7. The van der Waals surface area contributed by atoms with Gasteiger partial charge in [-0.2, -0.15) is 0 Å². The zero-order chi connectivity index (χ0) is 21.4. The van der Waals surface area contributed by atoms with Crippen LogP contribution in [0.15, 0.2) is 53.4 Å². The molecule has 0 aliphatic carbocycles. The van der Waals surface area contributed by atoms with E-state index >= 15 is 0 Å². The number of rotatable bonds is 11. The lowest BCUT2D eigenvalue weighted by molar-refractivity contribution is 0.278. The van der Waals surface area contributed by atoms with Crippen molar-refractivity contribution in [2.75, 3.05) is 31.0 Å². The van der Waals surface area contributed by atoms with Crippen molar-refractivity contribution in [2.45, 2.75) is 57.8 Å². The fraction of sp³-hybridized carbons (Fsp3) is 0.500. The maximum atomic E-state index is 13.0. The minimum Gasteiger partial charge on any atom is -0.303 e. The average Bonchev–Trinajstić information content (AvgIpc) is 2.72. The molecule has 0 N–H and O–H groups in total. The third kappa shape index (κ3) is 6.31. The smallest absolute Gasteiger partial charge is 0.264 e. The summed E-state index contributed by atoms with van der Waals surface area (Å²) in [6.07, 6.45) is 3.31. The average molecular weight is 417 g/mol. The summed E-state index contributed by atoms with van der Waals surface area (Å²) in [6.45, 7) is 11.9. The van der Waals surface area contributed by atoms with Crippen LogP contribution in [0, 0.1) is 0 Å². The standard InChI is InChI=1S/C24H36N2O2S/c1-6-17-26(18-7-2)19-16-21-8-12-23(13-9-21)25(5)29(27,28)24-14-10-22(11-15-24)20(3)4/h8-15,20H,6-7,16-19H2,1-5H3. The molecule has 5 heteroatoms. The second-order valence-electron chi connectivity index (χ2n) is 7.95. The maximum absolute atomic E-state index is 13.0. The van der Waals surface area contributed by atoms with Crippen LogP contribution >= 0.6 is 0 Å². The van der Waals surface area contributed by atoms with Gasteiger partial charge in [0.15, 0.2) is 0 Å². The Labute approximate surface area is 177 Å². The Morgan fingerprint density at radius 1 is 0.828 bits per heavy atom. The molecule has 0 heterocycles. The second kappa shape index (κ2) is 10.8. The molecule has 0 aliphatic rings. The zero-order valence-corrected chi connectivity index (χ0v) is 19.4. The van der Waals surface area contributed by atoms with Gasteiger partial charge < -0.3 is 4.90 Å². The maximum Gasteiger partial charge on any atom is 0.264 e. The largest absolute Gasteiger partial charge is 0.303 e. The molecule has 2 aromatic carbocycles. The molecule has 0 aliphatic heterocycles. The van der Waals surface area contributed by atoms with Gasteiger partial charge in [0.05, 0.1) is 10.6 Å². The van der Waals surface area contributed by atoms with Crippen LogP contribution in [0.1, 0.15) is 57.6 Å². The van der Waals surface area contributed by atoms with E-state index in [1.807, 2.05) is 36.4 Å². The molecule has 4 nitrogen and oxygen atoms in total. The number of hydrogen-bond acceptors (Lipinski definition) is 3. The van der Waals surface area contributed by atoms with Crippen molar-refractivity contribution in [1.29, 1.82) is 0 Å². The summed E-state index contributed by atoms with van der Waals surface area (Å²) < 4.78 is 27.3. The highest BCUT2D eigenvalue weighted by atomic mass is 32.2. The Kier molecular flexibility index (Phi) is 8.72. The summed E-state index contributed by atoms with van der Waals surface area (Å²) in [6, 6.07) is 15.1.